The molecule has 1 aliphatic carbocycles. The third-order valence-electron chi connectivity index (χ3n) is 5.64. The summed E-state index contributed by atoms with van der Waals surface area (Å²) in [5.41, 5.74) is 0.912. The number of rotatable bonds is 7. The van der Waals surface area contributed by atoms with E-state index in [-0.39, 0.29) is 5.91 Å². The van der Waals surface area contributed by atoms with E-state index in [4.69, 9.17) is 4.52 Å². The van der Waals surface area contributed by atoms with Crippen LogP contribution in [0.2, 0.25) is 0 Å². The first kappa shape index (κ1) is 20.1. The van der Waals surface area contributed by atoms with Crippen LogP contribution in [0.3, 0.4) is 0 Å². The molecule has 0 bridgehead atoms. The molecule has 1 amide bonds. The zero-order chi connectivity index (χ0) is 21.2. The summed E-state index contributed by atoms with van der Waals surface area (Å²) in [4.78, 5) is 15.6. The van der Waals surface area contributed by atoms with Gasteiger partial charge in [-0.2, -0.15) is 0 Å². The Labute approximate surface area is 185 Å². The fraction of sp³-hybridized carbons (Fsp3) is 0.455. The van der Waals surface area contributed by atoms with Crippen molar-refractivity contribution in [3.8, 4) is 0 Å². The maximum Gasteiger partial charge on any atom is 0.243 e. The van der Waals surface area contributed by atoms with E-state index in [0.717, 1.165) is 42.6 Å². The average molecular weight is 439 g/mol. The summed E-state index contributed by atoms with van der Waals surface area (Å²) in [6.45, 7) is 3.83. The molecule has 2 fully saturated rings. The van der Waals surface area contributed by atoms with Crippen molar-refractivity contribution in [2.75, 3.05) is 23.3 Å². The van der Waals surface area contributed by atoms with Gasteiger partial charge < -0.3 is 14.7 Å². The van der Waals surface area contributed by atoms with Crippen LogP contribution in [0.15, 0.2) is 46.1 Å². The van der Waals surface area contributed by atoms with E-state index in [1.54, 1.807) is 13.0 Å². The van der Waals surface area contributed by atoms with Gasteiger partial charge in [0.05, 0.1) is 0 Å². The van der Waals surface area contributed by atoms with E-state index in [9.17, 15) is 4.79 Å². The number of carbonyl (C=O) groups is 1. The lowest BCUT2D eigenvalue weighted by Gasteiger charge is -2.28. The van der Waals surface area contributed by atoms with Crippen molar-refractivity contribution >= 4 is 29.4 Å². The largest absolute Gasteiger partial charge is 0.360 e. The molecule has 1 aromatic carbocycles. The third-order valence-corrected chi connectivity index (χ3v) is 6.85. The van der Waals surface area contributed by atoms with Gasteiger partial charge in [0, 0.05) is 25.2 Å². The Kier molecular flexibility index (Phi) is 5.67. The number of aryl methyl sites for hydroxylation is 1. The monoisotopic (exact) mass is 438 g/mol. The molecule has 3 heterocycles. The molecule has 1 N–H and O–H groups in total. The molecule has 1 saturated heterocycles. The van der Waals surface area contributed by atoms with Crippen molar-refractivity contribution in [1.82, 2.24) is 19.9 Å². The first-order valence-corrected chi connectivity index (χ1v) is 11.7. The number of nitrogens with zero attached hydrogens (tertiary/aromatic N) is 5. The first-order chi connectivity index (χ1) is 15.2. The van der Waals surface area contributed by atoms with E-state index in [0.29, 0.717) is 17.6 Å². The highest BCUT2D eigenvalue weighted by Gasteiger charge is 2.34. The molecule has 9 heteroatoms. The lowest BCUT2D eigenvalue weighted by molar-refractivity contribution is -0.115. The second kappa shape index (κ2) is 8.74. The second-order valence-electron chi connectivity index (χ2n) is 8.15. The van der Waals surface area contributed by atoms with E-state index in [1.165, 1.54) is 31.0 Å². The summed E-state index contributed by atoms with van der Waals surface area (Å²) in [6, 6.07) is 11.9. The van der Waals surface area contributed by atoms with E-state index < -0.39 is 5.25 Å². The van der Waals surface area contributed by atoms with Crippen LogP contribution in [0.5, 0.6) is 0 Å². The zero-order valence-corrected chi connectivity index (χ0v) is 18.3. The Morgan fingerprint density at radius 3 is 2.61 bits per heavy atom. The van der Waals surface area contributed by atoms with Crippen molar-refractivity contribution in [3.63, 3.8) is 0 Å². The Balaban J connectivity index is 1.44. The maximum absolute atomic E-state index is 13.3. The van der Waals surface area contributed by atoms with Gasteiger partial charge in [0.25, 0.3) is 0 Å². The quantitative estimate of drug-likeness (QED) is 0.548. The smallest absolute Gasteiger partial charge is 0.243 e. The van der Waals surface area contributed by atoms with Crippen molar-refractivity contribution in [2.45, 2.75) is 55.5 Å². The topological polar surface area (TPSA) is 89.1 Å². The third kappa shape index (κ3) is 4.46. The fourth-order valence-electron chi connectivity index (χ4n) is 3.93. The van der Waals surface area contributed by atoms with Crippen LogP contribution in [-0.4, -0.2) is 38.9 Å². The molecular weight excluding hydrogens is 412 g/mol. The van der Waals surface area contributed by atoms with Crippen molar-refractivity contribution in [1.29, 1.82) is 0 Å². The summed E-state index contributed by atoms with van der Waals surface area (Å²) in [5.74, 6) is 1.86. The van der Waals surface area contributed by atoms with Gasteiger partial charge in [0.1, 0.15) is 11.0 Å². The van der Waals surface area contributed by atoms with Crippen LogP contribution in [0, 0.1) is 6.92 Å². The van der Waals surface area contributed by atoms with Crippen molar-refractivity contribution in [3.05, 3.63) is 47.7 Å². The van der Waals surface area contributed by atoms with Gasteiger partial charge in [-0.1, -0.05) is 47.3 Å². The zero-order valence-electron chi connectivity index (χ0n) is 17.5. The number of piperidine rings is 1. The number of carbonyl (C=O) groups excluding carboxylic acids is 1. The molecule has 162 valence electrons. The van der Waals surface area contributed by atoms with Gasteiger partial charge in [0.15, 0.2) is 11.0 Å². The van der Waals surface area contributed by atoms with Crippen LogP contribution >= 0.6 is 11.8 Å². The number of amides is 1. The molecular formula is C22H26N6O2S. The Morgan fingerprint density at radius 1 is 1.16 bits per heavy atom. The number of anilines is 2. The number of hydrogen-bond donors (Lipinski definition) is 1. The summed E-state index contributed by atoms with van der Waals surface area (Å²) >= 11 is 1.45. The summed E-state index contributed by atoms with van der Waals surface area (Å²) in [6.07, 6.45) is 5.91. The molecule has 1 aliphatic heterocycles. The van der Waals surface area contributed by atoms with E-state index in [1.807, 2.05) is 30.3 Å². The lowest BCUT2D eigenvalue weighted by Crippen LogP contribution is -2.32. The molecule has 8 nitrogen and oxygen atoms in total. The molecule has 5 rings (SSSR count). The number of thioether (sulfide) groups is 1. The minimum atomic E-state index is -0.478. The molecule has 2 aliphatic rings. The van der Waals surface area contributed by atoms with E-state index in [2.05, 4.69) is 30.1 Å². The predicted molar refractivity (Wildman–Crippen MR) is 119 cm³/mol. The van der Waals surface area contributed by atoms with E-state index >= 15 is 0 Å². The van der Waals surface area contributed by atoms with Crippen LogP contribution in [0.4, 0.5) is 11.8 Å². The SMILES string of the molecule is Cc1cc(NC(=O)C(Sc2nnc(N3CCCCC3)n2C2CC2)c2ccccc2)no1. The minimum absolute atomic E-state index is 0.158. The van der Waals surface area contributed by atoms with Crippen molar-refractivity contribution < 1.29 is 9.32 Å². The number of nitrogens with one attached hydrogen (secondary N) is 1. The van der Waals surface area contributed by atoms with Gasteiger partial charge in [-0.3, -0.25) is 9.36 Å². The lowest BCUT2D eigenvalue weighted by atomic mass is 10.1. The molecule has 0 spiro atoms. The number of aromatic nitrogens is 4. The normalized spacial score (nSPS) is 17.5. The van der Waals surface area contributed by atoms with Crippen molar-refractivity contribution in [2.24, 2.45) is 0 Å². The average Bonchev–Trinajstić information content (AvgIpc) is 3.42. The summed E-state index contributed by atoms with van der Waals surface area (Å²) < 4.78 is 7.34. The molecule has 0 radical (unpaired) electrons. The van der Waals surface area contributed by atoms with Crippen LogP contribution in [0.1, 0.15) is 54.7 Å². The van der Waals surface area contributed by atoms with Gasteiger partial charge in [0.2, 0.25) is 11.9 Å². The predicted octanol–water partition coefficient (Wildman–Crippen LogP) is 4.37. The highest BCUT2D eigenvalue weighted by Crippen LogP contribution is 2.44. The number of hydrogen-bond acceptors (Lipinski definition) is 7. The first-order valence-electron chi connectivity index (χ1n) is 10.8. The fourth-order valence-corrected chi connectivity index (χ4v) is 5.04. The Bertz CT molecular complexity index is 1040. The molecule has 1 saturated carbocycles. The van der Waals surface area contributed by atoms with Gasteiger partial charge in [-0.25, -0.2) is 0 Å². The number of benzene rings is 1. The highest BCUT2D eigenvalue weighted by molar-refractivity contribution is 8.00. The van der Waals surface area contributed by atoms with Crippen LogP contribution < -0.4 is 10.2 Å². The van der Waals surface area contributed by atoms with Crippen LogP contribution in [-0.2, 0) is 4.79 Å². The molecule has 2 aromatic heterocycles. The standard InChI is InChI=1S/C22H26N6O2S/c1-15-14-18(26-30-15)23-20(29)19(16-8-4-2-5-9-16)31-22-25-24-21(28(22)17-10-11-17)27-12-6-3-7-13-27/h2,4-5,8-9,14,17,19H,3,6-7,10-13H2,1H3,(H,23,26,29). The van der Waals surface area contributed by atoms with Gasteiger partial charge >= 0.3 is 0 Å². The Hall–Kier alpha value is -2.81. The molecule has 3 aromatic rings. The van der Waals surface area contributed by atoms with Gasteiger partial charge in [-0.05, 0) is 44.6 Å². The molecule has 31 heavy (non-hydrogen) atoms. The minimum Gasteiger partial charge on any atom is -0.360 e. The summed E-state index contributed by atoms with van der Waals surface area (Å²) in [5, 5.41) is 16.2. The molecule has 1 unspecified atom stereocenters. The van der Waals surface area contributed by atoms with Crippen LogP contribution in [0.25, 0.3) is 0 Å². The summed E-state index contributed by atoms with van der Waals surface area (Å²) in [7, 11) is 0. The highest BCUT2D eigenvalue weighted by atomic mass is 32.2. The molecule has 1 atom stereocenters. The second-order valence-corrected chi connectivity index (χ2v) is 9.22. The Morgan fingerprint density at radius 2 is 1.94 bits per heavy atom. The van der Waals surface area contributed by atoms with Gasteiger partial charge in [-0.15, -0.1) is 10.2 Å². The maximum atomic E-state index is 13.3.